The van der Waals surface area contributed by atoms with Crippen molar-refractivity contribution in [2.45, 2.75) is 31.7 Å². The van der Waals surface area contributed by atoms with E-state index >= 15 is 0 Å². The molecule has 0 spiro atoms. The Morgan fingerprint density at radius 3 is 3.00 bits per heavy atom. The van der Waals surface area contributed by atoms with E-state index in [9.17, 15) is 0 Å². The Kier molecular flexibility index (Phi) is 3.01. The molecule has 0 aromatic carbocycles. The SMILES string of the molecule is CNC(CCc1cccs1)C1CC1. The fourth-order valence-electron chi connectivity index (χ4n) is 1.87. The van der Waals surface area contributed by atoms with Crippen molar-refractivity contribution in [2.75, 3.05) is 7.05 Å². The fraction of sp³-hybridized carbons (Fsp3) is 0.636. The third-order valence-corrected chi connectivity index (χ3v) is 3.78. The van der Waals surface area contributed by atoms with Crippen LogP contribution in [0.2, 0.25) is 0 Å². The lowest BCUT2D eigenvalue weighted by Crippen LogP contribution is -2.27. The van der Waals surface area contributed by atoms with E-state index in [0.717, 1.165) is 12.0 Å². The molecule has 72 valence electrons. The Morgan fingerprint density at radius 2 is 2.46 bits per heavy atom. The summed E-state index contributed by atoms with van der Waals surface area (Å²) in [7, 11) is 2.09. The minimum absolute atomic E-state index is 0.766. The molecular weight excluding hydrogens is 178 g/mol. The van der Waals surface area contributed by atoms with E-state index < -0.39 is 0 Å². The topological polar surface area (TPSA) is 12.0 Å². The van der Waals surface area contributed by atoms with Gasteiger partial charge in [0.1, 0.15) is 0 Å². The van der Waals surface area contributed by atoms with Crippen LogP contribution < -0.4 is 5.32 Å². The van der Waals surface area contributed by atoms with E-state index in [2.05, 4.69) is 29.9 Å². The lowest BCUT2D eigenvalue weighted by atomic mass is 10.1. The van der Waals surface area contributed by atoms with Gasteiger partial charge in [0.15, 0.2) is 0 Å². The van der Waals surface area contributed by atoms with Gasteiger partial charge in [0, 0.05) is 10.9 Å². The molecule has 1 heterocycles. The Morgan fingerprint density at radius 1 is 1.62 bits per heavy atom. The van der Waals surface area contributed by atoms with Crippen molar-refractivity contribution < 1.29 is 0 Å². The van der Waals surface area contributed by atoms with Crippen LogP contribution in [-0.4, -0.2) is 13.1 Å². The van der Waals surface area contributed by atoms with E-state index in [-0.39, 0.29) is 0 Å². The fourth-order valence-corrected chi connectivity index (χ4v) is 2.59. The van der Waals surface area contributed by atoms with E-state index in [1.807, 2.05) is 11.3 Å². The summed E-state index contributed by atoms with van der Waals surface area (Å²) in [5.41, 5.74) is 0. The molecule has 1 aromatic heterocycles. The predicted octanol–water partition coefficient (Wildman–Crippen LogP) is 2.68. The van der Waals surface area contributed by atoms with Gasteiger partial charge in [-0.15, -0.1) is 11.3 Å². The maximum Gasteiger partial charge on any atom is 0.00957 e. The number of aryl methyl sites for hydroxylation is 1. The first-order valence-electron chi connectivity index (χ1n) is 5.10. The van der Waals surface area contributed by atoms with Gasteiger partial charge in [0.05, 0.1) is 0 Å². The van der Waals surface area contributed by atoms with Gasteiger partial charge in [-0.1, -0.05) is 6.07 Å². The second-order valence-corrected chi connectivity index (χ2v) is 4.88. The Labute approximate surface area is 84.2 Å². The molecule has 0 saturated heterocycles. The van der Waals surface area contributed by atoms with Gasteiger partial charge in [-0.3, -0.25) is 0 Å². The number of rotatable bonds is 5. The van der Waals surface area contributed by atoms with Crippen LogP contribution in [0, 0.1) is 5.92 Å². The van der Waals surface area contributed by atoms with E-state index in [1.54, 1.807) is 0 Å². The molecule has 1 aromatic rings. The summed E-state index contributed by atoms with van der Waals surface area (Å²) in [5, 5.41) is 5.60. The lowest BCUT2D eigenvalue weighted by molar-refractivity contribution is 0.472. The zero-order chi connectivity index (χ0) is 9.10. The molecule has 1 nitrogen and oxygen atoms in total. The smallest absolute Gasteiger partial charge is 0.00957 e. The standard InChI is InChI=1S/C11H17NS/c1-12-11(9-4-5-9)7-6-10-3-2-8-13-10/h2-3,8-9,11-12H,4-7H2,1H3. The molecule has 1 fully saturated rings. The molecular formula is C11H17NS. The minimum atomic E-state index is 0.766. The van der Waals surface area contributed by atoms with Gasteiger partial charge < -0.3 is 5.32 Å². The van der Waals surface area contributed by atoms with Crippen LogP contribution in [0.25, 0.3) is 0 Å². The van der Waals surface area contributed by atoms with Crippen LogP contribution in [0.1, 0.15) is 24.1 Å². The Hall–Kier alpha value is -0.340. The lowest BCUT2D eigenvalue weighted by Gasteiger charge is -2.13. The average Bonchev–Trinajstić information content (AvgIpc) is 2.84. The summed E-state index contributed by atoms with van der Waals surface area (Å²) in [4.78, 5) is 1.53. The molecule has 1 aliphatic rings. The monoisotopic (exact) mass is 195 g/mol. The summed E-state index contributed by atoms with van der Waals surface area (Å²) in [5.74, 6) is 0.977. The molecule has 0 radical (unpaired) electrons. The molecule has 2 heteroatoms. The quantitative estimate of drug-likeness (QED) is 0.761. The number of nitrogens with one attached hydrogen (secondary N) is 1. The van der Waals surface area contributed by atoms with E-state index in [4.69, 9.17) is 0 Å². The van der Waals surface area contributed by atoms with Crippen LogP contribution in [0.5, 0.6) is 0 Å². The van der Waals surface area contributed by atoms with E-state index in [0.29, 0.717) is 0 Å². The van der Waals surface area contributed by atoms with Crippen molar-refractivity contribution in [3.8, 4) is 0 Å². The van der Waals surface area contributed by atoms with E-state index in [1.165, 1.54) is 30.6 Å². The molecule has 1 N–H and O–H groups in total. The number of hydrogen-bond donors (Lipinski definition) is 1. The van der Waals surface area contributed by atoms with Crippen LogP contribution >= 0.6 is 11.3 Å². The molecule has 1 unspecified atom stereocenters. The van der Waals surface area contributed by atoms with Gasteiger partial charge in [0.25, 0.3) is 0 Å². The molecule has 1 atom stereocenters. The Balaban J connectivity index is 1.77. The van der Waals surface area contributed by atoms with Crippen molar-refractivity contribution in [1.29, 1.82) is 0 Å². The number of hydrogen-bond acceptors (Lipinski definition) is 2. The highest BCUT2D eigenvalue weighted by atomic mass is 32.1. The van der Waals surface area contributed by atoms with Crippen LogP contribution in [-0.2, 0) is 6.42 Å². The summed E-state index contributed by atoms with van der Waals surface area (Å²) in [6.45, 7) is 0. The molecule has 2 rings (SSSR count). The first-order valence-corrected chi connectivity index (χ1v) is 5.98. The molecule has 0 aliphatic heterocycles. The zero-order valence-corrected chi connectivity index (χ0v) is 8.94. The summed E-state index contributed by atoms with van der Waals surface area (Å²) >= 11 is 1.88. The zero-order valence-electron chi connectivity index (χ0n) is 8.12. The van der Waals surface area contributed by atoms with Gasteiger partial charge in [-0.25, -0.2) is 0 Å². The third-order valence-electron chi connectivity index (χ3n) is 2.84. The van der Waals surface area contributed by atoms with Crippen molar-refractivity contribution >= 4 is 11.3 Å². The number of thiophene rings is 1. The molecule has 0 amide bonds. The van der Waals surface area contributed by atoms with Crippen molar-refractivity contribution in [2.24, 2.45) is 5.92 Å². The first-order chi connectivity index (χ1) is 6.40. The summed E-state index contributed by atoms with van der Waals surface area (Å²) in [6, 6.07) is 5.15. The molecule has 1 saturated carbocycles. The molecule has 1 aliphatic carbocycles. The third kappa shape index (κ3) is 2.55. The second-order valence-electron chi connectivity index (χ2n) is 3.85. The first kappa shape index (κ1) is 9.22. The van der Waals surface area contributed by atoms with Crippen molar-refractivity contribution in [1.82, 2.24) is 5.32 Å². The normalized spacial score (nSPS) is 18.8. The van der Waals surface area contributed by atoms with Crippen molar-refractivity contribution in [3.05, 3.63) is 22.4 Å². The highest BCUT2D eigenvalue weighted by Gasteiger charge is 2.29. The maximum atomic E-state index is 3.43. The predicted molar refractivity (Wildman–Crippen MR) is 58.2 cm³/mol. The summed E-state index contributed by atoms with van der Waals surface area (Å²) in [6.07, 6.45) is 5.44. The molecule has 0 bridgehead atoms. The largest absolute Gasteiger partial charge is 0.317 e. The van der Waals surface area contributed by atoms with Gasteiger partial charge in [-0.05, 0) is 50.1 Å². The minimum Gasteiger partial charge on any atom is -0.317 e. The Bertz CT molecular complexity index is 239. The maximum absolute atomic E-state index is 3.43. The van der Waals surface area contributed by atoms with Gasteiger partial charge in [-0.2, -0.15) is 0 Å². The highest BCUT2D eigenvalue weighted by Crippen LogP contribution is 2.34. The highest BCUT2D eigenvalue weighted by molar-refractivity contribution is 7.09. The van der Waals surface area contributed by atoms with Gasteiger partial charge in [0.2, 0.25) is 0 Å². The van der Waals surface area contributed by atoms with Crippen molar-refractivity contribution in [3.63, 3.8) is 0 Å². The average molecular weight is 195 g/mol. The van der Waals surface area contributed by atoms with Crippen LogP contribution in [0.3, 0.4) is 0 Å². The van der Waals surface area contributed by atoms with Gasteiger partial charge >= 0.3 is 0 Å². The molecule has 13 heavy (non-hydrogen) atoms. The van der Waals surface area contributed by atoms with Crippen LogP contribution in [0.4, 0.5) is 0 Å². The summed E-state index contributed by atoms with van der Waals surface area (Å²) < 4.78 is 0. The van der Waals surface area contributed by atoms with Crippen LogP contribution in [0.15, 0.2) is 17.5 Å². The second kappa shape index (κ2) is 4.25.